The van der Waals surface area contributed by atoms with Gasteiger partial charge in [0.15, 0.2) is 4.34 Å². The molecule has 2 aromatic rings. The Labute approximate surface area is 132 Å². The second-order valence-corrected chi connectivity index (χ2v) is 6.09. The number of aromatic nitrogens is 2. The van der Waals surface area contributed by atoms with Crippen LogP contribution in [0.2, 0.25) is 0 Å². The molecule has 0 saturated heterocycles. The average Bonchev–Trinajstić information content (AvgIpc) is 2.92. The van der Waals surface area contributed by atoms with Gasteiger partial charge in [-0.2, -0.15) is 0 Å². The fourth-order valence-electron chi connectivity index (χ4n) is 1.38. The van der Waals surface area contributed by atoms with Crippen LogP contribution in [0.1, 0.15) is 10.4 Å². The molecule has 0 bridgehead atoms. The molecule has 22 heavy (non-hydrogen) atoms. The van der Waals surface area contributed by atoms with Gasteiger partial charge in [0.25, 0.3) is 11.6 Å². The SMILES string of the molecule is NC(=O)CSc1nnc(NC(=O)c2cccc([N+](=O)[O-])c2)s1. The van der Waals surface area contributed by atoms with Crippen LogP contribution in [0.15, 0.2) is 28.6 Å². The van der Waals surface area contributed by atoms with Crippen LogP contribution >= 0.6 is 23.1 Å². The molecule has 0 atom stereocenters. The molecule has 11 heteroatoms. The van der Waals surface area contributed by atoms with Gasteiger partial charge in [-0.15, -0.1) is 10.2 Å². The first kappa shape index (κ1) is 15.9. The van der Waals surface area contributed by atoms with Gasteiger partial charge in [0.2, 0.25) is 11.0 Å². The molecule has 2 rings (SSSR count). The first-order valence-electron chi connectivity index (χ1n) is 5.76. The molecule has 0 unspecified atom stereocenters. The maximum Gasteiger partial charge on any atom is 0.270 e. The Kier molecular flexibility index (Phi) is 5.01. The molecule has 1 heterocycles. The number of rotatable bonds is 6. The lowest BCUT2D eigenvalue weighted by atomic mass is 10.2. The lowest BCUT2D eigenvalue weighted by Gasteiger charge is -2.00. The summed E-state index contributed by atoms with van der Waals surface area (Å²) in [5.41, 5.74) is 4.97. The Balaban J connectivity index is 2.04. The Morgan fingerprint density at radius 1 is 1.41 bits per heavy atom. The van der Waals surface area contributed by atoms with Gasteiger partial charge in [-0.1, -0.05) is 29.2 Å². The number of carbonyl (C=O) groups excluding carboxylic acids is 2. The molecule has 0 saturated carbocycles. The van der Waals surface area contributed by atoms with Crippen molar-refractivity contribution in [3.63, 3.8) is 0 Å². The van der Waals surface area contributed by atoms with Gasteiger partial charge in [-0.25, -0.2) is 0 Å². The van der Waals surface area contributed by atoms with E-state index in [0.717, 1.165) is 23.1 Å². The fraction of sp³-hybridized carbons (Fsp3) is 0.0909. The van der Waals surface area contributed by atoms with E-state index in [2.05, 4.69) is 15.5 Å². The van der Waals surface area contributed by atoms with Gasteiger partial charge in [-0.05, 0) is 6.07 Å². The van der Waals surface area contributed by atoms with Gasteiger partial charge in [0.05, 0.1) is 10.7 Å². The van der Waals surface area contributed by atoms with Crippen LogP contribution in [0.4, 0.5) is 10.8 Å². The number of nitro benzene ring substituents is 1. The molecule has 1 aromatic carbocycles. The second kappa shape index (κ2) is 6.95. The van der Waals surface area contributed by atoms with E-state index >= 15 is 0 Å². The van der Waals surface area contributed by atoms with Gasteiger partial charge >= 0.3 is 0 Å². The van der Waals surface area contributed by atoms with Crippen LogP contribution in [0.3, 0.4) is 0 Å². The number of non-ortho nitro benzene ring substituents is 1. The Hall–Kier alpha value is -2.53. The molecule has 114 valence electrons. The number of benzene rings is 1. The maximum atomic E-state index is 12.0. The third kappa shape index (κ3) is 4.23. The predicted molar refractivity (Wildman–Crippen MR) is 80.9 cm³/mol. The molecule has 0 aliphatic heterocycles. The van der Waals surface area contributed by atoms with Crippen molar-refractivity contribution in [3.05, 3.63) is 39.9 Å². The third-order valence-corrected chi connectivity index (χ3v) is 4.28. The van der Waals surface area contributed by atoms with Crippen molar-refractivity contribution in [1.29, 1.82) is 0 Å². The van der Waals surface area contributed by atoms with Crippen molar-refractivity contribution >= 4 is 45.7 Å². The van der Waals surface area contributed by atoms with Crippen molar-refractivity contribution in [3.8, 4) is 0 Å². The van der Waals surface area contributed by atoms with Crippen molar-refractivity contribution in [2.24, 2.45) is 5.73 Å². The molecule has 0 aliphatic rings. The summed E-state index contributed by atoms with van der Waals surface area (Å²) in [4.78, 5) is 32.7. The van der Waals surface area contributed by atoms with E-state index in [9.17, 15) is 19.7 Å². The van der Waals surface area contributed by atoms with E-state index in [1.54, 1.807) is 0 Å². The Bertz CT molecular complexity index is 733. The molecular formula is C11H9N5O4S2. The van der Waals surface area contributed by atoms with Gasteiger partial charge in [0, 0.05) is 17.7 Å². The van der Waals surface area contributed by atoms with Crippen molar-refractivity contribution in [2.75, 3.05) is 11.1 Å². The number of hydrogen-bond acceptors (Lipinski definition) is 8. The summed E-state index contributed by atoms with van der Waals surface area (Å²) >= 11 is 2.18. The van der Waals surface area contributed by atoms with Crippen molar-refractivity contribution < 1.29 is 14.5 Å². The summed E-state index contributed by atoms with van der Waals surface area (Å²) in [6.45, 7) is 0. The van der Waals surface area contributed by atoms with E-state index in [1.165, 1.54) is 24.3 Å². The standard InChI is InChI=1S/C11H9N5O4S2/c12-8(17)5-21-11-15-14-10(22-11)13-9(18)6-2-1-3-7(4-6)16(19)20/h1-4H,5H2,(H2,12,17)(H,13,14,18). The molecule has 0 radical (unpaired) electrons. The molecule has 9 nitrogen and oxygen atoms in total. The molecule has 0 spiro atoms. The monoisotopic (exact) mass is 339 g/mol. The van der Waals surface area contributed by atoms with E-state index in [4.69, 9.17) is 5.73 Å². The summed E-state index contributed by atoms with van der Waals surface area (Å²) < 4.78 is 0.480. The molecule has 0 fully saturated rings. The minimum Gasteiger partial charge on any atom is -0.369 e. The normalized spacial score (nSPS) is 10.2. The van der Waals surface area contributed by atoms with Gasteiger partial charge in [-0.3, -0.25) is 25.0 Å². The number of primary amides is 1. The van der Waals surface area contributed by atoms with Crippen molar-refractivity contribution in [2.45, 2.75) is 4.34 Å². The first-order valence-corrected chi connectivity index (χ1v) is 7.56. The lowest BCUT2D eigenvalue weighted by molar-refractivity contribution is -0.384. The van der Waals surface area contributed by atoms with E-state index < -0.39 is 16.7 Å². The quantitative estimate of drug-likeness (QED) is 0.349. The maximum absolute atomic E-state index is 12.0. The zero-order valence-corrected chi connectivity index (χ0v) is 12.5. The number of anilines is 1. The van der Waals surface area contributed by atoms with Crippen LogP contribution in [-0.2, 0) is 4.79 Å². The van der Waals surface area contributed by atoms with E-state index in [0.29, 0.717) is 4.34 Å². The van der Waals surface area contributed by atoms with Crippen LogP contribution < -0.4 is 11.1 Å². The highest BCUT2D eigenvalue weighted by molar-refractivity contribution is 8.01. The smallest absolute Gasteiger partial charge is 0.270 e. The van der Waals surface area contributed by atoms with E-state index in [-0.39, 0.29) is 22.1 Å². The third-order valence-electron chi connectivity index (χ3n) is 2.28. The van der Waals surface area contributed by atoms with Crippen LogP contribution in [0.5, 0.6) is 0 Å². The number of nitro groups is 1. The molecule has 3 N–H and O–H groups in total. The van der Waals surface area contributed by atoms with Gasteiger partial charge < -0.3 is 5.73 Å². The Morgan fingerprint density at radius 3 is 2.86 bits per heavy atom. The zero-order chi connectivity index (χ0) is 16.1. The number of amides is 2. The number of nitrogens with zero attached hydrogens (tertiary/aromatic N) is 3. The molecule has 1 aromatic heterocycles. The predicted octanol–water partition coefficient (Wildman–Crippen LogP) is 1.28. The number of carbonyl (C=O) groups is 2. The summed E-state index contributed by atoms with van der Waals surface area (Å²) in [7, 11) is 0. The largest absolute Gasteiger partial charge is 0.369 e. The summed E-state index contributed by atoms with van der Waals surface area (Å²) in [5.74, 6) is -0.957. The average molecular weight is 339 g/mol. The van der Waals surface area contributed by atoms with E-state index in [1.807, 2.05) is 0 Å². The van der Waals surface area contributed by atoms with Crippen LogP contribution in [-0.4, -0.2) is 32.7 Å². The summed E-state index contributed by atoms with van der Waals surface area (Å²) in [6.07, 6.45) is 0. The second-order valence-electron chi connectivity index (χ2n) is 3.89. The minimum absolute atomic E-state index is 0.0630. The number of nitrogens with one attached hydrogen (secondary N) is 1. The minimum atomic E-state index is -0.583. The number of hydrogen-bond donors (Lipinski definition) is 2. The topological polar surface area (TPSA) is 141 Å². The van der Waals surface area contributed by atoms with Crippen LogP contribution in [0.25, 0.3) is 0 Å². The lowest BCUT2D eigenvalue weighted by Crippen LogP contribution is -2.12. The molecule has 2 amide bonds. The zero-order valence-electron chi connectivity index (χ0n) is 10.9. The highest BCUT2D eigenvalue weighted by Gasteiger charge is 2.14. The summed E-state index contributed by atoms with van der Waals surface area (Å²) in [5, 5.41) is 20.9. The number of nitrogens with two attached hydrogens (primary N) is 1. The Morgan fingerprint density at radius 2 is 2.18 bits per heavy atom. The van der Waals surface area contributed by atoms with Crippen LogP contribution in [0, 0.1) is 10.1 Å². The molecular weight excluding hydrogens is 330 g/mol. The van der Waals surface area contributed by atoms with Crippen molar-refractivity contribution in [1.82, 2.24) is 10.2 Å². The molecule has 0 aliphatic carbocycles. The highest BCUT2D eigenvalue weighted by Crippen LogP contribution is 2.25. The first-order chi connectivity index (χ1) is 10.5. The van der Waals surface area contributed by atoms with Gasteiger partial charge in [0.1, 0.15) is 0 Å². The highest BCUT2D eigenvalue weighted by atomic mass is 32.2. The number of thioether (sulfide) groups is 1. The fourth-order valence-corrected chi connectivity index (χ4v) is 2.87. The summed E-state index contributed by atoms with van der Waals surface area (Å²) in [6, 6.07) is 5.33.